The van der Waals surface area contributed by atoms with Crippen molar-refractivity contribution in [1.29, 1.82) is 0 Å². The maximum atomic E-state index is 12.7. The number of hydrogen-bond donors (Lipinski definition) is 0. The van der Waals surface area contributed by atoms with Crippen LogP contribution in [0.3, 0.4) is 0 Å². The molecule has 0 N–H and O–H groups in total. The molecule has 2 saturated heterocycles. The Morgan fingerprint density at radius 2 is 1.80 bits per heavy atom. The van der Waals surface area contributed by atoms with Gasteiger partial charge in [-0.2, -0.15) is 0 Å². The van der Waals surface area contributed by atoms with Crippen LogP contribution in [0.4, 0.5) is 0 Å². The van der Waals surface area contributed by atoms with E-state index in [0.29, 0.717) is 24.8 Å². The summed E-state index contributed by atoms with van der Waals surface area (Å²) in [5.74, 6) is 0.820. The van der Waals surface area contributed by atoms with Gasteiger partial charge in [0.1, 0.15) is 5.75 Å². The monoisotopic (exact) mass is 273 g/mol. The molecule has 2 heterocycles. The van der Waals surface area contributed by atoms with Crippen molar-refractivity contribution in [2.45, 2.75) is 44.0 Å². The number of hydrogen-bond acceptors (Lipinski definition) is 3. The first-order valence-electron chi connectivity index (χ1n) is 7.50. The highest BCUT2D eigenvalue weighted by atomic mass is 16.5. The Morgan fingerprint density at radius 3 is 2.50 bits per heavy atom. The van der Waals surface area contributed by atoms with Gasteiger partial charge in [-0.3, -0.25) is 4.79 Å². The van der Waals surface area contributed by atoms with Gasteiger partial charge in [0.15, 0.2) is 0 Å². The van der Waals surface area contributed by atoms with Crippen molar-refractivity contribution >= 4 is 5.91 Å². The first kappa shape index (κ1) is 12.2. The average Bonchev–Trinajstić information content (AvgIpc) is 3.23. The standard InChI is InChI=1S/C16H19NO3/c18-16(17-9-12-7-8-13(10-17)19-12)14-3-1-2-4-15(14)20-11-5-6-11/h1-4,11-13H,5-10H2. The molecule has 2 bridgehead atoms. The summed E-state index contributed by atoms with van der Waals surface area (Å²) < 4.78 is 11.7. The maximum absolute atomic E-state index is 12.7. The fraction of sp³-hybridized carbons (Fsp3) is 0.562. The van der Waals surface area contributed by atoms with Crippen LogP contribution in [0, 0.1) is 0 Å². The lowest BCUT2D eigenvalue weighted by molar-refractivity contribution is -0.0304. The molecule has 0 aromatic heterocycles. The predicted octanol–water partition coefficient (Wildman–Crippen LogP) is 2.23. The van der Waals surface area contributed by atoms with Crippen molar-refractivity contribution in [2.24, 2.45) is 0 Å². The maximum Gasteiger partial charge on any atom is 0.257 e. The Bertz CT molecular complexity index is 514. The quantitative estimate of drug-likeness (QED) is 0.847. The van der Waals surface area contributed by atoms with Gasteiger partial charge in [-0.05, 0) is 37.8 Å². The Morgan fingerprint density at radius 1 is 1.10 bits per heavy atom. The van der Waals surface area contributed by atoms with Crippen molar-refractivity contribution < 1.29 is 14.3 Å². The number of para-hydroxylation sites is 1. The molecule has 1 saturated carbocycles. The van der Waals surface area contributed by atoms with E-state index in [-0.39, 0.29) is 18.1 Å². The molecule has 0 spiro atoms. The summed E-state index contributed by atoms with van der Waals surface area (Å²) in [4.78, 5) is 14.7. The molecule has 1 amide bonds. The third kappa shape index (κ3) is 2.29. The number of carbonyl (C=O) groups excluding carboxylic acids is 1. The van der Waals surface area contributed by atoms with E-state index in [2.05, 4.69) is 0 Å². The van der Waals surface area contributed by atoms with E-state index in [1.54, 1.807) is 0 Å². The number of carbonyl (C=O) groups is 1. The molecule has 3 aliphatic rings. The fourth-order valence-electron chi connectivity index (χ4n) is 3.06. The number of likely N-dealkylation sites (tertiary alicyclic amines) is 1. The Balaban J connectivity index is 1.55. The summed E-state index contributed by atoms with van der Waals surface area (Å²) >= 11 is 0. The third-order valence-electron chi connectivity index (χ3n) is 4.27. The SMILES string of the molecule is O=C(c1ccccc1OC1CC1)N1CC2CCC(C1)O2. The van der Waals surface area contributed by atoms with Crippen LogP contribution >= 0.6 is 0 Å². The third-order valence-corrected chi connectivity index (χ3v) is 4.27. The first-order valence-corrected chi connectivity index (χ1v) is 7.50. The molecule has 4 heteroatoms. The normalized spacial score (nSPS) is 28.5. The van der Waals surface area contributed by atoms with Gasteiger partial charge >= 0.3 is 0 Å². The lowest BCUT2D eigenvalue weighted by Gasteiger charge is -2.32. The Kier molecular flexibility index (Phi) is 2.91. The molecular formula is C16H19NO3. The fourth-order valence-corrected chi connectivity index (χ4v) is 3.06. The highest BCUT2D eigenvalue weighted by Gasteiger charge is 2.36. The van der Waals surface area contributed by atoms with Gasteiger partial charge in [-0.1, -0.05) is 12.1 Å². The summed E-state index contributed by atoms with van der Waals surface area (Å²) in [6, 6.07) is 7.61. The van der Waals surface area contributed by atoms with Crippen molar-refractivity contribution in [1.82, 2.24) is 4.90 Å². The Labute approximate surface area is 118 Å². The van der Waals surface area contributed by atoms with Crippen LogP contribution in [-0.2, 0) is 4.74 Å². The second kappa shape index (κ2) is 4.77. The number of ether oxygens (including phenoxy) is 2. The van der Waals surface area contributed by atoms with Gasteiger partial charge in [0.05, 0.1) is 23.9 Å². The van der Waals surface area contributed by atoms with E-state index in [0.717, 1.165) is 31.4 Å². The second-order valence-electron chi connectivity index (χ2n) is 5.98. The van der Waals surface area contributed by atoms with E-state index >= 15 is 0 Å². The van der Waals surface area contributed by atoms with Gasteiger partial charge < -0.3 is 14.4 Å². The summed E-state index contributed by atoms with van der Waals surface area (Å²) in [6.45, 7) is 1.43. The van der Waals surface area contributed by atoms with Crippen LogP contribution < -0.4 is 4.74 Å². The van der Waals surface area contributed by atoms with Crippen LogP contribution in [0.2, 0.25) is 0 Å². The van der Waals surface area contributed by atoms with Gasteiger partial charge in [0, 0.05) is 13.1 Å². The minimum atomic E-state index is 0.0847. The van der Waals surface area contributed by atoms with Gasteiger partial charge in [0.25, 0.3) is 5.91 Å². The first-order chi connectivity index (χ1) is 9.79. The molecule has 4 nitrogen and oxygen atoms in total. The van der Waals surface area contributed by atoms with Crippen molar-refractivity contribution in [3.63, 3.8) is 0 Å². The van der Waals surface area contributed by atoms with Crippen LogP contribution in [0.25, 0.3) is 0 Å². The lowest BCUT2D eigenvalue weighted by Crippen LogP contribution is -2.45. The summed E-state index contributed by atoms with van der Waals surface area (Å²) in [5.41, 5.74) is 0.695. The second-order valence-corrected chi connectivity index (χ2v) is 5.98. The minimum absolute atomic E-state index is 0.0847. The molecule has 3 fully saturated rings. The van der Waals surface area contributed by atoms with E-state index in [4.69, 9.17) is 9.47 Å². The molecule has 20 heavy (non-hydrogen) atoms. The molecular weight excluding hydrogens is 254 g/mol. The summed E-state index contributed by atoms with van der Waals surface area (Å²) in [6.07, 6.45) is 5.13. The highest BCUT2D eigenvalue weighted by Crippen LogP contribution is 2.31. The zero-order chi connectivity index (χ0) is 13.5. The average molecular weight is 273 g/mol. The van der Waals surface area contributed by atoms with Gasteiger partial charge in [-0.25, -0.2) is 0 Å². The largest absolute Gasteiger partial charge is 0.490 e. The molecule has 4 rings (SSSR count). The molecule has 1 aliphatic carbocycles. The highest BCUT2D eigenvalue weighted by molar-refractivity contribution is 5.97. The lowest BCUT2D eigenvalue weighted by atomic mass is 10.1. The molecule has 2 aliphatic heterocycles. The van der Waals surface area contributed by atoms with E-state index in [9.17, 15) is 4.79 Å². The molecule has 0 radical (unpaired) electrons. The van der Waals surface area contributed by atoms with Crippen LogP contribution in [0.5, 0.6) is 5.75 Å². The molecule has 1 aromatic rings. The van der Waals surface area contributed by atoms with E-state index in [1.807, 2.05) is 29.2 Å². The molecule has 2 atom stereocenters. The zero-order valence-electron chi connectivity index (χ0n) is 11.5. The molecule has 106 valence electrons. The molecule has 1 aromatic carbocycles. The number of amides is 1. The summed E-state index contributed by atoms with van der Waals surface area (Å²) in [5, 5.41) is 0. The van der Waals surface area contributed by atoms with Gasteiger partial charge in [-0.15, -0.1) is 0 Å². The zero-order valence-corrected chi connectivity index (χ0v) is 11.5. The van der Waals surface area contributed by atoms with E-state index < -0.39 is 0 Å². The van der Waals surface area contributed by atoms with E-state index in [1.165, 1.54) is 0 Å². The van der Waals surface area contributed by atoms with Crippen molar-refractivity contribution in [3.05, 3.63) is 29.8 Å². The number of benzene rings is 1. The molecule has 2 unspecified atom stereocenters. The summed E-state index contributed by atoms with van der Waals surface area (Å²) in [7, 11) is 0. The minimum Gasteiger partial charge on any atom is -0.490 e. The van der Waals surface area contributed by atoms with Gasteiger partial charge in [0.2, 0.25) is 0 Å². The number of fused-ring (bicyclic) bond motifs is 2. The van der Waals surface area contributed by atoms with Crippen LogP contribution in [0.15, 0.2) is 24.3 Å². The smallest absolute Gasteiger partial charge is 0.257 e. The number of morpholine rings is 1. The van der Waals surface area contributed by atoms with Crippen molar-refractivity contribution in [3.8, 4) is 5.75 Å². The number of nitrogens with zero attached hydrogens (tertiary/aromatic N) is 1. The van der Waals surface area contributed by atoms with Crippen LogP contribution in [0.1, 0.15) is 36.0 Å². The number of rotatable bonds is 3. The van der Waals surface area contributed by atoms with Crippen LogP contribution in [-0.4, -0.2) is 42.2 Å². The van der Waals surface area contributed by atoms with Crippen molar-refractivity contribution in [2.75, 3.05) is 13.1 Å². The topological polar surface area (TPSA) is 38.8 Å². The Hall–Kier alpha value is -1.55. The predicted molar refractivity (Wildman–Crippen MR) is 73.9 cm³/mol.